The normalized spacial score (nSPS) is 11.6. The predicted octanol–water partition coefficient (Wildman–Crippen LogP) is -0.0644. The number of aliphatic hydroxyl groups is 1. The van der Waals surface area contributed by atoms with Gasteiger partial charge in [-0.1, -0.05) is 0 Å². The summed E-state index contributed by atoms with van der Waals surface area (Å²) in [6.07, 6.45) is 1.20. The number of carbonyl (C=O) groups excluding carboxylic acids is 1. The van der Waals surface area contributed by atoms with Crippen molar-refractivity contribution in [1.82, 2.24) is 4.98 Å². The van der Waals surface area contributed by atoms with Crippen molar-refractivity contribution >= 4 is 17.5 Å². The van der Waals surface area contributed by atoms with Gasteiger partial charge >= 0.3 is 11.8 Å². The van der Waals surface area contributed by atoms with Crippen LogP contribution in [0.4, 0.5) is 11.5 Å². The molecule has 0 fully saturated rings. The molecular formula is C9H11N3O5. The van der Waals surface area contributed by atoms with Crippen LogP contribution in [0.3, 0.4) is 0 Å². The lowest BCUT2D eigenvalue weighted by molar-refractivity contribution is -0.389. The molecule has 1 heterocycles. The van der Waals surface area contributed by atoms with Crippen molar-refractivity contribution < 1.29 is 19.6 Å². The van der Waals surface area contributed by atoms with Crippen LogP contribution in [0.2, 0.25) is 0 Å². The molecule has 0 saturated carbocycles. The zero-order valence-electron chi connectivity index (χ0n) is 8.99. The van der Waals surface area contributed by atoms with Crippen LogP contribution in [0.1, 0.15) is 0 Å². The minimum atomic E-state index is -0.928. The quantitative estimate of drug-likeness (QED) is 0.421. The van der Waals surface area contributed by atoms with E-state index in [0.717, 1.165) is 0 Å². The highest BCUT2D eigenvalue weighted by atomic mass is 16.6. The number of aliphatic hydroxyl groups excluding tert-OH is 1. The summed E-state index contributed by atoms with van der Waals surface area (Å²) in [7, 11) is 1.20. The number of carbonyl (C=O) groups is 1. The van der Waals surface area contributed by atoms with Crippen LogP contribution in [0.15, 0.2) is 18.3 Å². The summed E-state index contributed by atoms with van der Waals surface area (Å²) in [5.74, 6) is -0.931. The number of methoxy groups -OCH3 is 1. The molecule has 1 rings (SSSR count). The molecule has 1 aromatic heterocycles. The Labute approximate surface area is 96.4 Å². The number of anilines is 1. The van der Waals surface area contributed by atoms with E-state index in [1.807, 2.05) is 0 Å². The summed E-state index contributed by atoms with van der Waals surface area (Å²) in [6, 6.07) is 1.65. The van der Waals surface area contributed by atoms with Crippen molar-refractivity contribution in [3.05, 3.63) is 28.4 Å². The van der Waals surface area contributed by atoms with Gasteiger partial charge in [-0.2, -0.15) is 0 Å². The van der Waals surface area contributed by atoms with E-state index in [2.05, 4.69) is 15.0 Å². The van der Waals surface area contributed by atoms with E-state index < -0.39 is 23.5 Å². The lowest BCUT2D eigenvalue weighted by atomic mass is 10.3. The predicted molar refractivity (Wildman–Crippen MR) is 57.4 cm³/mol. The van der Waals surface area contributed by atoms with Crippen LogP contribution in [-0.2, 0) is 9.53 Å². The minimum absolute atomic E-state index is 0.297. The second kappa shape index (κ2) is 5.75. The van der Waals surface area contributed by atoms with Gasteiger partial charge in [0.1, 0.15) is 6.04 Å². The molecule has 1 atom stereocenters. The van der Waals surface area contributed by atoms with Crippen molar-refractivity contribution in [3.63, 3.8) is 0 Å². The van der Waals surface area contributed by atoms with E-state index in [4.69, 9.17) is 5.11 Å². The van der Waals surface area contributed by atoms with Gasteiger partial charge in [0.2, 0.25) is 0 Å². The van der Waals surface area contributed by atoms with Crippen molar-refractivity contribution in [2.75, 3.05) is 19.0 Å². The van der Waals surface area contributed by atoms with Gasteiger partial charge in [0, 0.05) is 6.07 Å². The average molecular weight is 241 g/mol. The number of pyridine rings is 1. The molecule has 0 spiro atoms. The molecule has 0 radical (unpaired) electrons. The van der Waals surface area contributed by atoms with Crippen LogP contribution >= 0.6 is 0 Å². The second-order valence-corrected chi connectivity index (χ2v) is 3.06. The topological polar surface area (TPSA) is 115 Å². The number of nitrogens with one attached hydrogen (secondary N) is 1. The molecule has 92 valence electrons. The van der Waals surface area contributed by atoms with Crippen LogP contribution < -0.4 is 5.32 Å². The number of ether oxygens (including phenoxy) is 1. The molecule has 0 aliphatic rings. The fourth-order valence-electron chi connectivity index (χ4n) is 1.10. The highest BCUT2D eigenvalue weighted by molar-refractivity contribution is 5.79. The lowest BCUT2D eigenvalue weighted by Gasteiger charge is -2.13. The van der Waals surface area contributed by atoms with E-state index in [0.29, 0.717) is 5.69 Å². The summed E-state index contributed by atoms with van der Waals surface area (Å²) < 4.78 is 4.45. The summed E-state index contributed by atoms with van der Waals surface area (Å²) in [6.45, 7) is -0.455. The Morgan fingerprint density at radius 1 is 1.71 bits per heavy atom. The van der Waals surface area contributed by atoms with E-state index in [1.165, 1.54) is 25.4 Å². The minimum Gasteiger partial charge on any atom is -0.467 e. The molecule has 2 N–H and O–H groups in total. The number of aromatic nitrogens is 1. The maximum absolute atomic E-state index is 11.1. The molecule has 0 aliphatic heterocycles. The number of esters is 1. The molecule has 0 bridgehead atoms. The molecule has 0 saturated heterocycles. The first-order chi connectivity index (χ1) is 8.08. The Bertz CT molecular complexity index is 406. The Kier molecular flexibility index (Phi) is 4.35. The summed E-state index contributed by atoms with van der Waals surface area (Å²) >= 11 is 0. The van der Waals surface area contributed by atoms with Crippen molar-refractivity contribution in [2.45, 2.75) is 6.04 Å². The largest absolute Gasteiger partial charge is 0.467 e. The van der Waals surface area contributed by atoms with Gasteiger partial charge in [-0.25, -0.2) is 4.79 Å². The van der Waals surface area contributed by atoms with Crippen LogP contribution in [0, 0.1) is 10.1 Å². The lowest BCUT2D eigenvalue weighted by Crippen LogP contribution is -2.34. The Morgan fingerprint density at radius 3 is 2.82 bits per heavy atom. The van der Waals surface area contributed by atoms with E-state index in [1.54, 1.807) is 0 Å². The number of nitro groups is 1. The number of hydrogen-bond acceptors (Lipinski definition) is 7. The molecular weight excluding hydrogens is 230 g/mol. The van der Waals surface area contributed by atoms with E-state index in [-0.39, 0.29) is 5.82 Å². The van der Waals surface area contributed by atoms with Gasteiger partial charge in [-0.15, -0.1) is 0 Å². The van der Waals surface area contributed by atoms with Gasteiger partial charge in [0.05, 0.1) is 19.4 Å². The molecule has 0 amide bonds. The molecule has 0 aromatic carbocycles. The fourth-order valence-corrected chi connectivity index (χ4v) is 1.10. The molecule has 0 aliphatic carbocycles. The number of nitrogens with zero attached hydrogens (tertiary/aromatic N) is 2. The molecule has 8 heteroatoms. The summed E-state index contributed by atoms with van der Waals surface area (Å²) in [5, 5.41) is 21.9. The smallest absolute Gasteiger partial charge is 0.363 e. The fraction of sp³-hybridized carbons (Fsp3) is 0.333. The maximum Gasteiger partial charge on any atom is 0.363 e. The highest BCUT2D eigenvalue weighted by Crippen LogP contribution is 2.12. The van der Waals surface area contributed by atoms with Gasteiger partial charge < -0.3 is 25.3 Å². The number of rotatable bonds is 5. The van der Waals surface area contributed by atoms with Gasteiger partial charge in [-0.3, -0.25) is 0 Å². The zero-order chi connectivity index (χ0) is 12.8. The first-order valence-corrected chi connectivity index (χ1v) is 4.64. The highest BCUT2D eigenvalue weighted by Gasteiger charge is 2.18. The summed E-state index contributed by atoms with van der Waals surface area (Å²) in [5.41, 5.74) is 0.375. The first-order valence-electron chi connectivity index (χ1n) is 4.64. The van der Waals surface area contributed by atoms with Gasteiger partial charge in [-0.05, 0) is 16.0 Å². The monoisotopic (exact) mass is 241 g/mol. The van der Waals surface area contributed by atoms with Crippen LogP contribution in [0.5, 0.6) is 0 Å². The molecule has 8 nitrogen and oxygen atoms in total. The molecule has 1 aromatic rings. The van der Waals surface area contributed by atoms with E-state index in [9.17, 15) is 14.9 Å². The number of hydrogen-bond donors (Lipinski definition) is 2. The van der Waals surface area contributed by atoms with Crippen molar-refractivity contribution in [2.24, 2.45) is 0 Å². The van der Waals surface area contributed by atoms with Crippen molar-refractivity contribution in [3.8, 4) is 0 Å². The third kappa shape index (κ3) is 3.38. The third-order valence-electron chi connectivity index (χ3n) is 1.94. The molecule has 1 unspecified atom stereocenters. The SMILES string of the molecule is COC(=O)C(CO)Nc1ccc([N+](=O)[O-])nc1. The first kappa shape index (κ1) is 12.8. The van der Waals surface area contributed by atoms with E-state index >= 15 is 0 Å². The van der Waals surface area contributed by atoms with Crippen molar-refractivity contribution in [1.29, 1.82) is 0 Å². The Hall–Kier alpha value is -2.22. The molecule has 17 heavy (non-hydrogen) atoms. The average Bonchev–Trinajstić information content (AvgIpc) is 2.35. The zero-order valence-corrected chi connectivity index (χ0v) is 8.99. The third-order valence-corrected chi connectivity index (χ3v) is 1.94. The summed E-state index contributed by atoms with van der Waals surface area (Å²) in [4.78, 5) is 24.4. The van der Waals surface area contributed by atoms with Gasteiger partial charge in [0.25, 0.3) is 0 Å². The van der Waals surface area contributed by atoms with Gasteiger partial charge in [0.15, 0.2) is 6.20 Å². The Balaban J connectivity index is 2.74. The standard InChI is InChI=1S/C9H11N3O5/c1-17-9(14)7(5-13)11-6-2-3-8(10-4-6)12(15)16/h2-4,7,11,13H,5H2,1H3. The maximum atomic E-state index is 11.1. The Morgan fingerprint density at radius 2 is 2.41 bits per heavy atom. The second-order valence-electron chi connectivity index (χ2n) is 3.06. The van der Waals surface area contributed by atoms with Crippen LogP contribution in [-0.4, -0.2) is 40.7 Å². The van der Waals surface area contributed by atoms with Crippen LogP contribution in [0.25, 0.3) is 0 Å².